The number of aliphatic hydroxyl groups excluding tert-OH is 1. The lowest BCUT2D eigenvalue weighted by molar-refractivity contribution is -0.0394. The minimum Gasteiger partial charge on any atom is -0.443 e. The summed E-state index contributed by atoms with van der Waals surface area (Å²) in [6.45, 7) is 6.57. The highest BCUT2D eigenvalue weighted by atomic mass is 16.6. The number of imidazole rings is 1. The molecule has 0 saturated carbocycles. The fourth-order valence-electron chi connectivity index (χ4n) is 4.41. The second-order valence-electron chi connectivity index (χ2n) is 9.96. The van der Waals surface area contributed by atoms with E-state index in [1.807, 2.05) is 72.9 Å². The molecule has 9 nitrogen and oxygen atoms in total. The Bertz CT molecular complexity index is 1340. The lowest BCUT2D eigenvalue weighted by Gasteiger charge is -2.22. The summed E-state index contributed by atoms with van der Waals surface area (Å²) in [4.78, 5) is 17.4. The highest BCUT2D eigenvalue weighted by molar-refractivity contribution is 5.91. The Hall–Kier alpha value is -3.43. The van der Waals surface area contributed by atoms with E-state index in [9.17, 15) is 9.90 Å². The van der Waals surface area contributed by atoms with Crippen LogP contribution in [0.2, 0.25) is 0 Å². The van der Waals surface area contributed by atoms with Gasteiger partial charge in [-0.2, -0.15) is 5.10 Å². The largest absolute Gasteiger partial charge is 0.443 e. The van der Waals surface area contributed by atoms with E-state index < -0.39 is 11.7 Å². The number of ether oxygens (including phenoxy) is 2. The van der Waals surface area contributed by atoms with Gasteiger partial charge in [-0.05, 0) is 57.7 Å². The molecule has 0 radical (unpaired) electrons. The predicted molar refractivity (Wildman–Crippen MR) is 131 cm³/mol. The summed E-state index contributed by atoms with van der Waals surface area (Å²) >= 11 is 0. The van der Waals surface area contributed by atoms with E-state index in [-0.39, 0.29) is 12.8 Å². The van der Waals surface area contributed by atoms with E-state index in [1.54, 1.807) is 6.33 Å². The Kier molecular flexibility index (Phi) is 6.21. The van der Waals surface area contributed by atoms with Crippen LogP contribution in [0.15, 0.2) is 49.2 Å². The Morgan fingerprint density at radius 1 is 1.23 bits per heavy atom. The van der Waals surface area contributed by atoms with Gasteiger partial charge >= 0.3 is 6.09 Å². The number of carbonyl (C=O) groups is 1. The van der Waals surface area contributed by atoms with Crippen molar-refractivity contribution >= 4 is 17.0 Å². The molecule has 1 aliphatic rings. The molecule has 35 heavy (non-hydrogen) atoms. The van der Waals surface area contributed by atoms with Crippen molar-refractivity contribution in [2.45, 2.75) is 65.0 Å². The molecule has 4 aromatic rings. The number of hydrogen-bond donors (Lipinski definition) is 1. The monoisotopic (exact) mass is 477 g/mol. The first kappa shape index (κ1) is 23.3. The lowest BCUT2D eigenvalue weighted by Crippen LogP contribution is -2.28. The number of fused-ring (bicyclic) bond motifs is 1. The molecule has 1 aromatic carbocycles. The van der Waals surface area contributed by atoms with Crippen molar-refractivity contribution in [2.75, 3.05) is 6.61 Å². The summed E-state index contributed by atoms with van der Waals surface area (Å²) in [6, 6.07) is 7.74. The molecule has 4 heterocycles. The molecule has 9 heteroatoms. The van der Waals surface area contributed by atoms with E-state index >= 15 is 0 Å². The zero-order chi connectivity index (χ0) is 24.6. The van der Waals surface area contributed by atoms with Crippen molar-refractivity contribution in [2.24, 2.45) is 0 Å². The summed E-state index contributed by atoms with van der Waals surface area (Å²) < 4.78 is 16.7. The Morgan fingerprint density at radius 2 is 2.09 bits per heavy atom. The van der Waals surface area contributed by atoms with Crippen molar-refractivity contribution in [3.05, 3.63) is 60.4 Å². The molecule has 0 amide bonds. The average molecular weight is 478 g/mol. The maximum absolute atomic E-state index is 12.9. The van der Waals surface area contributed by atoms with Crippen LogP contribution in [0.3, 0.4) is 0 Å². The first-order valence-corrected chi connectivity index (χ1v) is 12.0. The Labute approximate surface area is 203 Å². The van der Waals surface area contributed by atoms with E-state index in [0.29, 0.717) is 17.8 Å². The zero-order valence-corrected chi connectivity index (χ0v) is 20.3. The highest BCUT2D eigenvalue weighted by Crippen LogP contribution is 2.26. The third-order valence-corrected chi connectivity index (χ3v) is 6.03. The summed E-state index contributed by atoms with van der Waals surface area (Å²) in [7, 11) is 0. The van der Waals surface area contributed by atoms with Gasteiger partial charge in [-0.15, -0.1) is 0 Å². The number of aliphatic hydroxyl groups is 1. The minimum absolute atomic E-state index is 0.00339. The summed E-state index contributed by atoms with van der Waals surface area (Å²) in [5.74, 6) is 0. The van der Waals surface area contributed by atoms with Crippen molar-refractivity contribution < 1.29 is 19.4 Å². The Balaban J connectivity index is 1.37. The van der Waals surface area contributed by atoms with Crippen LogP contribution < -0.4 is 0 Å². The van der Waals surface area contributed by atoms with Gasteiger partial charge in [0.25, 0.3) is 0 Å². The summed E-state index contributed by atoms with van der Waals surface area (Å²) in [6.07, 6.45) is 10.3. The molecule has 0 bridgehead atoms. The molecular weight excluding hydrogens is 446 g/mol. The molecule has 0 spiro atoms. The highest BCUT2D eigenvalue weighted by Gasteiger charge is 2.22. The number of benzene rings is 1. The lowest BCUT2D eigenvalue weighted by atomic mass is 10.1. The topological polar surface area (TPSA) is 96.3 Å². The first-order valence-electron chi connectivity index (χ1n) is 12.0. The molecule has 3 aromatic heterocycles. The van der Waals surface area contributed by atoms with Gasteiger partial charge in [0, 0.05) is 36.5 Å². The number of carbonyl (C=O) groups excluding carboxylic acids is 1. The van der Waals surface area contributed by atoms with Crippen LogP contribution in [0.5, 0.6) is 0 Å². The summed E-state index contributed by atoms with van der Waals surface area (Å²) in [5, 5.41) is 15.2. The molecule has 1 atom stereocenters. The minimum atomic E-state index is -0.637. The van der Waals surface area contributed by atoms with Gasteiger partial charge in [0.05, 0.1) is 36.0 Å². The van der Waals surface area contributed by atoms with E-state index in [4.69, 9.17) is 9.47 Å². The zero-order valence-electron chi connectivity index (χ0n) is 20.3. The van der Waals surface area contributed by atoms with Crippen molar-refractivity contribution in [3.8, 4) is 11.3 Å². The molecule has 1 fully saturated rings. The van der Waals surface area contributed by atoms with Crippen LogP contribution in [-0.4, -0.2) is 47.3 Å². The number of hydrogen-bond acceptors (Lipinski definition) is 6. The molecule has 5 rings (SSSR count). The standard InChI is InChI=1S/C26H31N5O4/c1-26(2,3)35-25(33)31-21(16-32)11-19-8-7-18(10-23(19)31)13-29-15-22(27-17-29)20-12-28-30(14-20)24-6-4-5-9-34-24/h7-8,10-12,14-15,17,24,32H,4-6,9,13,16H2,1-3H3. The quantitative estimate of drug-likeness (QED) is 0.447. The van der Waals surface area contributed by atoms with Crippen LogP contribution in [-0.2, 0) is 22.6 Å². The van der Waals surface area contributed by atoms with Crippen molar-refractivity contribution in [1.29, 1.82) is 0 Å². The second-order valence-corrected chi connectivity index (χ2v) is 9.96. The van der Waals surface area contributed by atoms with E-state index in [1.165, 1.54) is 4.57 Å². The first-order chi connectivity index (χ1) is 16.8. The van der Waals surface area contributed by atoms with Gasteiger partial charge in [0.2, 0.25) is 0 Å². The maximum atomic E-state index is 12.9. The molecule has 1 aliphatic heterocycles. The Morgan fingerprint density at radius 3 is 2.83 bits per heavy atom. The fraction of sp³-hybridized carbons (Fsp3) is 0.423. The third-order valence-electron chi connectivity index (χ3n) is 6.03. The smallest absolute Gasteiger partial charge is 0.419 e. The van der Waals surface area contributed by atoms with Gasteiger partial charge in [-0.3, -0.25) is 0 Å². The van der Waals surface area contributed by atoms with Crippen LogP contribution in [0.25, 0.3) is 22.2 Å². The van der Waals surface area contributed by atoms with Crippen molar-refractivity contribution in [3.63, 3.8) is 0 Å². The van der Waals surface area contributed by atoms with E-state index in [2.05, 4.69) is 10.1 Å². The maximum Gasteiger partial charge on any atom is 0.419 e. The number of nitrogens with zero attached hydrogens (tertiary/aromatic N) is 5. The van der Waals surface area contributed by atoms with Crippen LogP contribution in [0.1, 0.15) is 57.5 Å². The molecule has 1 unspecified atom stereocenters. The van der Waals surface area contributed by atoms with Gasteiger partial charge in [0.15, 0.2) is 0 Å². The fourth-order valence-corrected chi connectivity index (χ4v) is 4.41. The number of rotatable bonds is 5. The molecule has 1 N–H and O–H groups in total. The molecule has 184 valence electrons. The van der Waals surface area contributed by atoms with E-state index in [0.717, 1.165) is 48.1 Å². The van der Waals surface area contributed by atoms with Gasteiger partial charge in [-0.1, -0.05) is 12.1 Å². The van der Waals surface area contributed by atoms with Crippen LogP contribution in [0, 0.1) is 0 Å². The van der Waals surface area contributed by atoms with Gasteiger partial charge in [-0.25, -0.2) is 19.0 Å². The molecule has 0 aliphatic carbocycles. The summed E-state index contributed by atoms with van der Waals surface area (Å²) in [5.41, 5.74) is 3.35. The van der Waals surface area contributed by atoms with Crippen molar-refractivity contribution in [1.82, 2.24) is 23.9 Å². The van der Waals surface area contributed by atoms with Gasteiger partial charge in [0.1, 0.15) is 11.8 Å². The molecular formula is C26H31N5O4. The predicted octanol–water partition coefficient (Wildman–Crippen LogP) is 4.72. The van der Waals surface area contributed by atoms with Gasteiger partial charge < -0.3 is 19.1 Å². The normalized spacial score (nSPS) is 16.6. The second kappa shape index (κ2) is 9.31. The molecule has 1 saturated heterocycles. The van der Waals surface area contributed by atoms with Crippen LogP contribution >= 0.6 is 0 Å². The van der Waals surface area contributed by atoms with Crippen LogP contribution in [0.4, 0.5) is 4.79 Å². The number of aromatic nitrogens is 5. The SMILES string of the molecule is CC(C)(C)OC(=O)n1c(CO)cc2ccc(Cn3cnc(-c4cnn(C5CCCCO5)c4)c3)cc21. The third kappa shape index (κ3) is 5.01. The average Bonchev–Trinajstić information content (AvgIpc) is 3.56.